The quantitative estimate of drug-likeness (QED) is 0.850. The molecule has 1 fully saturated rings. The lowest BCUT2D eigenvalue weighted by molar-refractivity contribution is -0.115. The van der Waals surface area contributed by atoms with E-state index < -0.39 is 5.97 Å². The number of hydrogen-bond donors (Lipinski definition) is 1. The van der Waals surface area contributed by atoms with Crippen LogP contribution in [0.25, 0.3) is 0 Å². The van der Waals surface area contributed by atoms with Gasteiger partial charge in [0.15, 0.2) is 0 Å². The van der Waals surface area contributed by atoms with Crippen LogP contribution in [0.2, 0.25) is 0 Å². The number of para-hydroxylation sites is 1. The van der Waals surface area contributed by atoms with Crippen molar-refractivity contribution < 1.29 is 14.3 Å². The summed E-state index contributed by atoms with van der Waals surface area (Å²) in [4.78, 5) is 26.4. The smallest absolute Gasteiger partial charge is 0.339 e. The fourth-order valence-corrected chi connectivity index (χ4v) is 3.06. The Morgan fingerprint density at radius 3 is 2.40 bits per heavy atom. The third-order valence-corrected chi connectivity index (χ3v) is 4.38. The molecule has 1 aliphatic rings. The maximum atomic E-state index is 12.3. The highest BCUT2D eigenvalue weighted by Gasteiger charge is 2.14. The first kappa shape index (κ1) is 17.0. The number of nitrogens with one attached hydrogen (secondary N) is 1. The monoisotopic (exact) mass is 338 g/mol. The zero-order valence-corrected chi connectivity index (χ0v) is 14.3. The number of ether oxygens (including phenoxy) is 1. The van der Waals surface area contributed by atoms with Gasteiger partial charge in [0.1, 0.15) is 0 Å². The van der Waals surface area contributed by atoms with Gasteiger partial charge in [-0.3, -0.25) is 4.79 Å². The molecule has 1 N–H and O–H groups in total. The van der Waals surface area contributed by atoms with Gasteiger partial charge in [0.2, 0.25) is 5.91 Å². The second-order valence-electron chi connectivity index (χ2n) is 6.12. The Kier molecular flexibility index (Phi) is 5.33. The SMILES string of the molecule is COC(=O)c1ccccc1NC(=O)Cc1ccc(N2CCCC2)cc1. The number of carbonyl (C=O) groups excluding carboxylic acids is 2. The van der Waals surface area contributed by atoms with Crippen LogP contribution in [0.4, 0.5) is 11.4 Å². The second kappa shape index (κ2) is 7.83. The van der Waals surface area contributed by atoms with Crippen LogP contribution in [0.1, 0.15) is 28.8 Å². The van der Waals surface area contributed by atoms with Crippen LogP contribution in [-0.2, 0) is 16.0 Å². The molecule has 1 heterocycles. The van der Waals surface area contributed by atoms with E-state index in [1.54, 1.807) is 24.3 Å². The fraction of sp³-hybridized carbons (Fsp3) is 0.300. The van der Waals surface area contributed by atoms with Crippen LogP contribution >= 0.6 is 0 Å². The van der Waals surface area contributed by atoms with Gasteiger partial charge in [-0.25, -0.2) is 4.79 Å². The molecule has 0 aliphatic carbocycles. The van der Waals surface area contributed by atoms with Crippen molar-refractivity contribution in [3.8, 4) is 0 Å². The van der Waals surface area contributed by atoms with Gasteiger partial charge in [0, 0.05) is 18.8 Å². The average molecular weight is 338 g/mol. The van der Waals surface area contributed by atoms with E-state index in [9.17, 15) is 9.59 Å². The lowest BCUT2D eigenvalue weighted by Crippen LogP contribution is -2.18. The average Bonchev–Trinajstić information content (AvgIpc) is 3.17. The molecule has 0 aromatic heterocycles. The molecule has 25 heavy (non-hydrogen) atoms. The van der Waals surface area contributed by atoms with Crippen molar-refractivity contribution in [3.05, 3.63) is 59.7 Å². The first-order valence-electron chi connectivity index (χ1n) is 8.48. The van der Waals surface area contributed by atoms with Gasteiger partial charge in [0.25, 0.3) is 0 Å². The Hall–Kier alpha value is -2.82. The Balaban J connectivity index is 1.64. The molecule has 0 spiro atoms. The van der Waals surface area contributed by atoms with E-state index >= 15 is 0 Å². The predicted octanol–water partition coefficient (Wildman–Crippen LogP) is 3.25. The molecule has 0 atom stereocenters. The molecule has 0 radical (unpaired) electrons. The van der Waals surface area contributed by atoms with Crippen LogP contribution in [0.5, 0.6) is 0 Å². The molecule has 3 rings (SSSR count). The van der Waals surface area contributed by atoms with E-state index in [-0.39, 0.29) is 12.3 Å². The third-order valence-electron chi connectivity index (χ3n) is 4.38. The van der Waals surface area contributed by atoms with Crippen molar-refractivity contribution in [1.82, 2.24) is 0 Å². The molecule has 0 saturated carbocycles. The summed E-state index contributed by atoms with van der Waals surface area (Å²) in [5.41, 5.74) is 2.96. The van der Waals surface area contributed by atoms with Crippen LogP contribution < -0.4 is 10.2 Å². The highest BCUT2D eigenvalue weighted by Crippen LogP contribution is 2.21. The summed E-state index contributed by atoms with van der Waals surface area (Å²) in [5, 5.41) is 2.79. The first-order chi connectivity index (χ1) is 12.2. The lowest BCUT2D eigenvalue weighted by Gasteiger charge is -2.17. The van der Waals surface area contributed by atoms with Crippen molar-refractivity contribution in [2.75, 3.05) is 30.4 Å². The number of carbonyl (C=O) groups is 2. The van der Waals surface area contributed by atoms with Crippen LogP contribution in [0, 0.1) is 0 Å². The van der Waals surface area contributed by atoms with Crippen LogP contribution in [0.15, 0.2) is 48.5 Å². The molecule has 5 heteroatoms. The largest absolute Gasteiger partial charge is 0.465 e. The van der Waals surface area contributed by atoms with Gasteiger partial charge >= 0.3 is 5.97 Å². The highest BCUT2D eigenvalue weighted by atomic mass is 16.5. The van der Waals surface area contributed by atoms with E-state index in [1.165, 1.54) is 25.6 Å². The number of rotatable bonds is 5. The molecule has 5 nitrogen and oxygen atoms in total. The Bertz CT molecular complexity index is 750. The number of anilines is 2. The molecule has 1 aliphatic heterocycles. The van der Waals surface area contributed by atoms with E-state index in [2.05, 4.69) is 22.3 Å². The van der Waals surface area contributed by atoms with Gasteiger partial charge in [0.05, 0.1) is 24.8 Å². The highest BCUT2D eigenvalue weighted by molar-refractivity contribution is 6.01. The van der Waals surface area contributed by atoms with Crippen LogP contribution in [-0.4, -0.2) is 32.1 Å². The summed E-state index contributed by atoms with van der Waals surface area (Å²) in [6, 6.07) is 14.9. The summed E-state index contributed by atoms with van der Waals surface area (Å²) in [7, 11) is 1.32. The van der Waals surface area contributed by atoms with Gasteiger partial charge < -0.3 is 15.0 Å². The summed E-state index contributed by atoms with van der Waals surface area (Å²) >= 11 is 0. The standard InChI is InChI=1S/C20H22N2O3/c1-25-20(24)17-6-2-3-7-18(17)21-19(23)14-15-8-10-16(11-9-15)22-12-4-5-13-22/h2-3,6-11H,4-5,12-14H2,1H3,(H,21,23). The molecular weight excluding hydrogens is 316 g/mol. The molecule has 130 valence electrons. The molecule has 1 amide bonds. The van der Waals surface area contributed by atoms with Gasteiger partial charge in [-0.15, -0.1) is 0 Å². The lowest BCUT2D eigenvalue weighted by atomic mass is 10.1. The van der Waals surface area contributed by atoms with E-state index in [1.807, 2.05) is 12.1 Å². The maximum Gasteiger partial charge on any atom is 0.339 e. The van der Waals surface area contributed by atoms with Gasteiger partial charge in [-0.05, 0) is 42.7 Å². The number of nitrogens with zero attached hydrogens (tertiary/aromatic N) is 1. The summed E-state index contributed by atoms with van der Waals surface area (Å²) < 4.78 is 4.74. The number of amides is 1. The minimum atomic E-state index is -0.467. The van der Waals surface area contributed by atoms with Crippen molar-refractivity contribution in [2.24, 2.45) is 0 Å². The number of hydrogen-bond acceptors (Lipinski definition) is 4. The maximum absolute atomic E-state index is 12.3. The number of methoxy groups -OCH3 is 1. The summed E-state index contributed by atoms with van der Waals surface area (Å²) in [5.74, 6) is -0.629. The minimum absolute atomic E-state index is 0.162. The van der Waals surface area contributed by atoms with Gasteiger partial charge in [-0.1, -0.05) is 24.3 Å². The topological polar surface area (TPSA) is 58.6 Å². The Morgan fingerprint density at radius 2 is 1.72 bits per heavy atom. The molecule has 0 bridgehead atoms. The molecule has 0 unspecified atom stereocenters. The van der Waals surface area contributed by atoms with E-state index in [4.69, 9.17) is 4.74 Å². The van der Waals surface area contributed by atoms with Crippen molar-refractivity contribution in [2.45, 2.75) is 19.3 Å². The summed E-state index contributed by atoms with van der Waals surface area (Å²) in [6.07, 6.45) is 2.74. The zero-order chi connectivity index (χ0) is 17.6. The normalized spacial score (nSPS) is 13.6. The van der Waals surface area contributed by atoms with E-state index in [0.29, 0.717) is 11.3 Å². The first-order valence-corrected chi connectivity index (χ1v) is 8.48. The van der Waals surface area contributed by atoms with Crippen molar-refractivity contribution >= 4 is 23.3 Å². The Morgan fingerprint density at radius 1 is 1.04 bits per heavy atom. The summed E-state index contributed by atoms with van der Waals surface area (Å²) in [6.45, 7) is 2.20. The van der Waals surface area contributed by atoms with Crippen molar-refractivity contribution in [3.63, 3.8) is 0 Å². The van der Waals surface area contributed by atoms with E-state index in [0.717, 1.165) is 18.7 Å². The van der Waals surface area contributed by atoms with Gasteiger partial charge in [-0.2, -0.15) is 0 Å². The zero-order valence-electron chi connectivity index (χ0n) is 14.3. The molecular formula is C20H22N2O3. The molecule has 1 saturated heterocycles. The number of esters is 1. The third kappa shape index (κ3) is 4.18. The van der Waals surface area contributed by atoms with Crippen molar-refractivity contribution in [1.29, 1.82) is 0 Å². The molecule has 2 aromatic rings. The fourth-order valence-electron chi connectivity index (χ4n) is 3.06. The van der Waals surface area contributed by atoms with Crippen LogP contribution in [0.3, 0.4) is 0 Å². The second-order valence-corrected chi connectivity index (χ2v) is 6.12. The molecule has 2 aromatic carbocycles. The number of benzene rings is 2. The predicted molar refractivity (Wildman–Crippen MR) is 98.0 cm³/mol. The minimum Gasteiger partial charge on any atom is -0.465 e. The Labute approximate surface area is 147 Å².